The van der Waals surface area contributed by atoms with Crippen LogP contribution in [0.3, 0.4) is 0 Å². The van der Waals surface area contributed by atoms with Crippen molar-refractivity contribution in [3.8, 4) is 0 Å². The Bertz CT molecular complexity index is 428. The highest BCUT2D eigenvalue weighted by Crippen LogP contribution is 2.17. The Kier molecular flexibility index (Phi) is 9.13. The van der Waals surface area contributed by atoms with E-state index in [0.717, 1.165) is 11.1 Å². The van der Waals surface area contributed by atoms with E-state index in [9.17, 15) is 9.90 Å². The zero-order valence-electron chi connectivity index (χ0n) is 13.8. The van der Waals surface area contributed by atoms with Gasteiger partial charge >= 0.3 is 5.97 Å². The molecule has 0 unspecified atom stereocenters. The molecule has 0 aromatic heterocycles. The van der Waals surface area contributed by atoms with Crippen molar-refractivity contribution >= 4 is 28.6 Å². The Morgan fingerprint density at radius 1 is 1.29 bits per heavy atom. The molecule has 0 bridgehead atoms. The summed E-state index contributed by atoms with van der Waals surface area (Å²) < 4.78 is 7.18. The molecular formula is C17H27IO3. The predicted molar refractivity (Wildman–Crippen MR) is 96.3 cm³/mol. The molecule has 0 aromatic rings. The van der Waals surface area contributed by atoms with E-state index in [1.807, 2.05) is 51.7 Å². The average Bonchev–Trinajstić information content (AvgIpc) is 2.33. The lowest BCUT2D eigenvalue weighted by molar-refractivity contribution is -0.148. The first-order chi connectivity index (χ1) is 9.55. The van der Waals surface area contributed by atoms with Gasteiger partial charge < -0.3 is 9.84 Å². The van der Waals surface area contributed by atoms with E-state index >= 15 is 0 Å². The van der Waals surface area contributed by atoms with Crippen molar-refractivity contribution in [3.63, 3.8) is 0 Å². The van der Waals surface area contributed by atoms with E-state index in [0.29, 0.717) is 6.42 Å². The van der Waals surface area contributed by atoms with Crippen LogP contribution in [0.15, 0.2) is 33.5 Å². The Hall–Kier alpha value is -0.620. The van der Waals surface area contributed by atoms with Gasteiger partial charge in [-0.25, -0.2) is 4.79 Å². The number of rotatable bonds is 6. The molecule has 1 N–H and O–H groups in total. The van der Waals surface area contributed by atoms with Gasteiger partial charge in [0.2, 0.25) is 0 Å². The smallest absolute Gasteiger partial charge is 0.331 e. The highest BCUT2D eigenvalue weighted by molar-refractivity contribution is 14.1. The van der Waals surface area contributed by atoms with E-state index in [4.69, 9.17) is 4.74 Å². The molecule has 0 fully saturated rings. The summed E-state index contributed by atoms with van der Waals surface area (Å²) in [7, 11) is 0. The second-order valence-corrected chi connectivity index (χ2v) is 6.99. The third-order valence-electron chi connectivity index (χ3n) is 2.74. The van der Waals surface area contributed by atoms with Crippen molar-refractivity contribution in [1.29, 1.82) is 0 Å². The van der Waals surface area contributed by atoms with Crippen LogP contribution in [-0.4, -0.2) is 22.8 Å². The van der Waals surface area contributed by atoms with Gasteiger partial charge in [0.05, 0.1) is 6.10 Å². The van der Waals surface area contributed by atoms with Gasteiger partial charge in [0.25, 0.3) is 0 Å². The standard InChI is InChI=1S/C17H27IO3/c1-12(7-8-16(20)21-17(4,5)6)9-14(3)15(19)10-13(2)11-18/h7-9,11,14-15,19H,10H2,1-6H3/b8-7+,12-9+,13-11+/t14-,15-/m1/s1. The van der Waals surface area contributed by atoms with Gasteiger partial charge in [-0.1, -0.05) is 52.8 Å². The molecule has 21 heavy (non-hydrogen) atoms. The summed E-state index contributed by atoms with van der Waals surface area (Å²) in [4.78, 5) is 11.6. The second kappa shape index (κ2) is 9.41. The van der Waals surface area contributed by atoms with Crippen LogP contribution in [0.5, 0.6) is 0 Å². The first kappa shape index (κ1) is 20.4. The topological polar surface area (TPSA) is 46.5 Å². The minimum Gasteiger partial charge on any atom is -0.457 e. The summed E-state index contributed by atoms with van der Waals surface area (Å²) in [5, 5.41) is 10.1. The molecule has 0 aromatic carbocycles. The minimum absolute atomic E-state index is 0.0274. The number of allylic oxidation sites excluding steroid dienone is 2. The molecule has 4 heteroatoms. The van der Waals surface area contributed by atoms with Crippen molar-refractivity contribution in [2.45, 2.75) is 59.7 Å². The Labute approximate surface area is 142 Å². The van der Waals surface area contributed by atoms with Crippen LogP contribution in [0.1, 0.15) is 48.0 Å². The van der Waals surface area contributed by atoms with E-state index in [2.05, 4.69) is 22.6 Å². The molecule has 0 rings (SSSR count). The maximum atomic E-state index is 11.6. The van der Waals surface area contributed by atoms with Crippen LogP contribution in [0.2, 0.25) is 0 Å². The zero-order valence-corrected chi connectivity index (χ0v) is 16.0. The third kappa shape index (κ3) is 10.7. The van der Waals surface area contributed by atoms with Gasteiger partial charge in [0.15, 0.2) is 0 Å². The van der Waals surface area contributed by atoms with Gasteiger partial charge in [-0.2, -0.15) is 0 Å². The fraction of sp³-hybridized carbons (Fsp3) is 0.588. The lowest BCUT2D eigenvalue weighted by atomic mass is 9.97. The lowest BCUT2D eigenvalue weighted by Gasteiger charge is -2.18. The number of aliphatic hydroxyl groups excluding tert-OH is 1. The molecule has 0 amide bonds. The molecule has 0 saturated carbocycles. The molecular weight excluding hydrogens is 379 g/mol. The lowest BCUT2D eigenvalue weighted by Crippen LogP contribution is -2.22. The fourth-order valence-electron chi connectivity index (χ4n) is 1.68. The van der Waals surface area contributed by atoms with E-state index in [1.54, 1.807) is 6.08 Å². The molecule has 0 radical (unpaired) electrons. The second-order valence-electron chi connectivity index (χ2n) is 6.36. The van der Waals surface area contributed by atoms with Crippen molar-refractivity contribution in [1.82, 2.24) is 0 Å². The summed E-state index contributed by atoms with van der Waals surface area (Å²) in [5.74, 6) is -0.327. The average molecular weight is 406 g/mol. The van der Waals surface area contributed by atoms with Gasteiger partial charge in [-0.05, 0) is 45.1 Å². The van der Waals surface area contributed by atoms with Gasteiger partial charge in [0.1, 0.15) is 5.60 Å². The first-order valence-electron chi connectivity index (χ1n) is 7.08. The van der Waals surface area contributed by atoms with Crippen molar-refractivity contribution in [2.24, 2.45) is 5.92 Å². The Balaban J connectivity index is 4.56. The number of hydrogen-bond acceptors (Lipinski definition) is 3. The highest BCUT2D eigenvalue weighted by atomic mass is 127. The van der Waals surface area contributed by atoms with E-state index < -0.39 is 11.7 Å². The predicted octanol–water partition coefficient (Wildman–Crippen LogP) is 4.56. The number of aliphatic hydroxyl groups is 1. The Morgan fingerprint density at radius 2 is 1.86 bits per heavy atom. The fourth-order valence-corrected chi connectivity index (χ4v) is 1.93. The summed E-state index contributed by atoms with van der Waals surface area (Å²) in [6.07, 6.45) is 5.35. The summed E-state index contributed by atoms with van der Waals surface area (Å²) in [5.41, 5.74) is 1.61. The van der Waals surface area contributed by atoms with Crippen molar-refractivity contribution < 1.29 is 14.6 Å². The molecule has 3 nitrogen and oxygen atoms in total. The number of carbonyl (C=O) groups excluding carboxylic acids is 1. The zero-order chi connectivity index (χ0) is 16.6. The molecule has 0 aliphatic rings. The minimum atomic E-state index is -0.480. The van der Waals surface area contributed by atoms with Crippen LogP contribution < -0.4 is 0 Å². The maximum absolute atomic E-state index is 11.6. The van der Waals surface area contributed by atoms with Crippen LogP contribution in [-0.2, 0) is 9.53 Å². The third-order valence-corrected chi connectivity index (χ3v) is 3.80. The normalized spacial score (nSPS) is 17.0. The number of ether oxygens (including phenoxy) is 1. The van der Waals surface area contributed by atoms with E-state index in [1.165, 1.54) is 6.08 Å². The molecule has 2 atom stereocenters. The van der Waals surface area contributed by atoms with Crippen LogP contribution in [0, 0.1) is 5.92 Å². The SMILES string of the molecule is CC(/C=C/C(=O)OC(C)(C)C)=C\[C@@H](C)[C@H](O)C/C(C)=C/I. The highest BCUT2D eigenvalue weighted by Gasteiger charge is 2.14. The van der Waals surface area contributed by atoms with Gasteiger partial charge in [-0.3, -0.25) is 0 Å². The molecule has 0 aliphatic heterocycles. The van der Waals surface area contributed by atoms with Gasteiger partial charge in [-0.15, -0.1) is 0 Å². The molecule has 0 spiro atoms. The molecule has 0 saturated heterocycles. The summed E-state index contributed by atoms with van der Waals surface area (Å²) in [6.45, 7) is 11.4. The van der Waals surface area contributed by atoms with Crippen LogP contribution in [0.25, 0.3) is 0 Å². The van der Waals surface area contributed by atoms with Crippen molar-refractivity contribution in [3.05, 3.63) is 33.5 Å². The first-order valence-corrected chi connectivity index (χ1v) is 8.33. The molecule has 0 aliphatic carbocycles. The summed E-state index contributed by atoms with van der Waals surface area (Å²) in [6, 6.07) is 0. The number of esters is 1. The largest absolute Gasteiger partial charge is 0.457 e. The van der Waals surface area contributed by atoms with Crippen LogP contribution >= 0.6 is 22.6 Å². The molecule has 120 valence electrons. The Morgan fingerprint density at radius 3 is 2.33 bits per heavy atom. The van der Waals surface area contributed by atoms with E-state index in [-0.39, 0.29) is 11.9 Å². The number of halogens is 1. The monoisotopic (exact) mass is 406 g/mol. The van der Waals surface area contributed by atoms with Gasteiger partial charge in [0, 0.05) is 12.0 Å². The number of hydrogen-bond donors (Lipinski definition) is 1. The maximum Gasteiger partial charge on any atom is 0.331 e. The van der Waals surface area contributed by atoms with Crippen LogP contribution in [0.4, 0.5) is 0 Å². The molecule has 0 heterocycles. The van der Waals surface area contributed by atoms with Crippen molar-refractivity contribution in [2.75, 3.05) is 0 Å². The summed E-state index contributed by atoms with van der Waals surface area (Å²) >= 11 is 2.18. The quantitative estimate of drug-likeness (QED) is 0.305. The number of carbonyl (C=O) groups is 1.